The SMILES string of the molecule is CC(C)c1cccc(C(C)C)c1-n1c(-c2[c-]ccc3c2oc2ccccc23)nc2cc(-c3ccccc3)cnc21.[Ir].[c-]1ccccc1-c1cc(-c2ccccc2)ccn1. The summed E-state index contributed by atoms with van der Waals surface area (Å²) in [4.78, 5) is 14.7. The summed E-state index contributed by atoms with van der Waals surface area (Å²) in [5.74, 6) is 1.41. The summed E-state index contributed by atoms with van der Waals surface area (Å²) < 4.78 is 8.71. The third-order valence-electron chi connectivity index (χ3n) is 10.6. The Balaban J connectivity index is 0.000000213. The Morgan fingerprint density at radius 2 is 1.25 bits per heavy atom. The molecule has 0 unspecified atom stereocenters. The molecule has 0 saturated carbocycles. The average molecular weight is 943 g/mol. The summed E-state index contributed by atoms with van der Waals surface area (Å²) in [5.41, 5.74) is 14.3. The van der Waals surface area contributed by atoms with Crippen LogP contribution >= 0.6 is 0 Å². The van der Waals surface area contributed by atoms with Crippen LogP contribution in [-0.2, 0) is 20.1 Å². The van der Waals surface area contributed by atoms with Crippen LogP contribution in [0.3, 0.4) is 0 Å². The minimum atomic E-state index is 0. The molecule has 5 nitrogen and oxygen atoms in total. The molecule has 10 rings (SSSR count). The van der Waals surface area contributed by atoms with Crippen molar-refractivity contribution in [1.82, 2.24) is 19.5 Å². The number of hydrogen-bond donors (Lipinski definition) is 0. The Hall–Kier alpha value is -6.46. The molecular weight excluding hydrogens is 901 g/mol. The predicted octanol–water partition coefficient (Wildman–Crippen LogP) is 13.9. The summed E-state index contributed by atoms with van der Waals surface area (Å²) in [6, 6.07) is 60.4. The van der Waals surface area contributed by atoms with E-state index < -0.39 is 0 Å². The number of aromatic nitrogens is 4. The molecule has 4 aromatic heterocycles. The molecular formula is C53H42IrN4O-2. The number of hydrogen-bond acceptors (Lipinski definition) is 4. The van der Waals surface area contributed by atoms with E-state index in [9.17, 15) is 0 Å². The minimum Gasteiger partial charge on any atom is -0.501 e. The number of nitrogens with zero attached hydrogens (tertiary/aromatic N) is 4. The van der Waals surface area contributed by atoms with E-state index in [-0.39, 0.29) is 20.1 Å². The Morgan fingerprint density at radius 3 is 1.95 bits per heavy atom. The smallest absolute Gasteiger partial charge is 0.155 e. The second-order valence-electron chi connectivity index (χ2n) is 15.1. The Kier molecular flexibility index (Phi) is 11.5. The second-order valence-corrected chi connectivity index (χ2v) is 15.1. The second kappa shape index (κ2) is 17.2. The molecule has 0 amide bonds. The third-order valence-corrected chi connectivity index (χ3v) is 10.6. The molecule has 0 atom stereocenters. The van der Waals surface area contributed by atoms with Gasteiger partial charge in [-0.05, 0) is 63.5 Å². The number of furan rings is 1. The largest absolute Gasteiger partial charge is 0.501 e. The van der Waals surface area contributed by atoms with E-state index in [1.165, 1.54) is 22.3 Å². The van der Waals surface area contributed by atoms with Gasteiger partial charge in [-0.25, -0.2) is 4.98 Å². The standard InChI is InChI=1S/C36H30N3O.C17H12N.Ir/c1-22(2)26-15-10-16-27(23(3)4)33(26)39-35(30-18-11-17-29-28-14-8-9-19-32(28)40-34(29)30)38-31-20-25(21-37-36(31)39)24-12-6-5-7-13-24;1-3-7-14(8-4-1)16-11-12-18-17(13-16)15-9-5-2-6-10-15;/h5-17,19-23H,1-4H3;1-9,11-13H;/q2*-1;. The van der Waals surface area contributed by atoms with Crippen molar-refractivity contribution in [1.29, 1.82) is 0 Å². The number of imidazole rings is 1. The summed E-state index contributed by atoms with van der Waals surface area (Å²) in [7, 11) is 0. The first-order valence-electron chi connectivity index (χ1n) is 19.8. The van der Waals surface area contributed by atoms with Crippen molar-refractivity contribution in [2.45, 2.75) is 39.5 Å². The monoisotopic (exact) mass is 943 g/mol. The van der Waals surface area contributed by atoms with E-state index in [2.05, 4.69) is 128 Å². The van der Waals surface area contributed by atoms with Crippen molar-refractivity contribution in [3.05, 3.63) is 193 Å². The zero-order valence-corrected chi connectivity index (χ0v) is 35.7. The fourth-order valence-electron chi connectivity index (χ4n) is 7.70. The molecule has 0 spiro atoms. The molecule has 291 valence electrons. The van der Waals surface area contributed by atoms with E-state index in [0.717, 1.165) is 72.6 Å². The molecule has 0 bridgehead atoms. The first-order valence-corrected chi connectivity index (χ1v) is 19.8. The van der Waals surface area contributed by atoms with Gasteiger partial charge in [0.1, 0.15) is 5.58 Å². The molecule has 0 saturated heterocycles. The van der Waals surface area contributed by atoms with Crippen LogP contribution in [0.15, 0.2) is 175 Å². The maximum absolute atomic E-state index is 6.47. The molecule has 0 aliphatic carbocycles. The van der Waals surface area contributed by atoms with Crippen LogP contribution in [0.5, 0.6) is 0 Å². The van der Waals surface area contributed by atoms with E-state index >= 15 is 0 Å². The molecule has 0 N–H and O–H groups in total. The van der Waals surface area contributed by atoms with Crippen LogP contribution in [0.4, 0.5) is 0 Å². The van der Waals surface area contributed by atoms with Crippen molar-refractivity contribution in [2.75, 3.05) is 0 Å². The van der Waals surface area contributed by atoms with E-state index in [1.54, 1.807) is 0 Å². The quantitative estimate of drug-likeness (QED) is 0.149. The molecule has 0 aliphatic rings. The van der Waals surface area contributed by atoms with Crippen LogP contribution in [0.1, 0.15) is 50.7 Å². The number of pyridine rings is 2. The molecule has 6 heteroatoms. The molecule has 10 aromatic rings. The maximum Gasteiger partial charge on any atom is 0.155 e. The molecule has 6 aromatic carbocycles. The zero-order valence-electron chi connectivity index (χ0n) is 33.4. The topological polar surface area (TPSA) is 56.7 Å². The van der Waals surface area contributed by atoms with Gasteiger partial charge in [0, 0.05) is 49.1 Å². The van der Waals surface area contributed by atoms with Gasteiger partial charge >= 0.3 is 0 Å². The maximum atomic E-state index is 6.47. The number of benzene rings is 6. The van der Waals surface area contributed by atoms with Crippen LogP contribution in [0, 0.1) is 12.1 Å². The fraction of sp³-hybridized carbons (Fsp3) is 0.113. The van der Waals surface area contributed by atoms with Gasteiger partial charge in [0.25, 0.3) is 0 Å². The first-order chi connectivity index (χ1) is 28.4. The van der Waals surface area contributed by atoms with Gasteiger partial charge < -0.3 is 14.0 Å². The van der Waals surface area contributed by atoms with Gasteiger partial charge in [0.05, 0.1) is 16.9 Å². The van der Waals surface area contributed by atoms with Gasteiger partial charge in [0.15, 0.2) is 5.65 Å². The first kappa shape index (κ1) is 39.4. The Bertz CT molecular complexity index is 2930. The van der Waals surface area contributed by atoms with Gasteiger partial charge in [-0.1, -0.05) is 142 Å². The van der Waals surface area contributed by atoms with Crippen LogP contribution in [0.2, 0.25) is 0 Å². The van der Waals surface area contributed by atoms with Crippen molar-refractivity contribution in [3.8, 4) is 50.6 Å². The van der Waals surface area contributed by atoms with Crippen molar-refractivity contribution < 1.29 is 24.5 Å². The Labute approximate surface area is 358 Å². The summed E-state index contributed by atoms with van der Waals surface area (Å²) in [6.07, 6.45) is 3.80. The van der Waals surface area contributed by atoms with Crippen molar-refractivity contribution >= 4 is 33.1 Å². The number of para-hydroxylation sites is 2. The molecule has 59 heavy (non-hydrogen) atoms. The van der Waals surface area contributed by atoms with Crippen molar-refractivity contribution in [3.63, 3.8) is 0 Å². The van der Waals surface area contributed by atoms with Crippen LogP contribution < -0.4 is 0 Å². The molecule has 0 aliphatic heterocycles. The van der Waals surface area contributed by atoms with Gasteiger partial charge in [0.2, 0.25) is 0 Å². The van der Waals surface area contributed by atoms with Gasteiger partial charge in [-0.2, -0.15) is 0 Å². The van der Waals surface area contributed by atoms with Crippen molar-refractivity contribution in [2.24, 2.45) is 0 Å². The van der Waals surface area contributed by atoms with Crippen LogP contribution in [0.25, 0.3) is 83.7 Å². The fourth-order valence-corrected chi connectivity index (χ4v) is 7.70. The summed E-state index contributed by atoms with van der Waals surface area (Å²) in [6.45, 7) is 8.98. The van der Waals surface area contributed by atoms with Gasteiger partial charge in [-0.15, -0.1) is 54.1 Å². The molecule has 0 fully saturated rings. The van der Waals surface area contributed by atoms with E-state index in [4.69, 9.17) is 14.4 Å². The Morgan fingerprint density at radius 1 is 0.576 bits per heavy atom. The summed E-state index contributed by atoms with van der Waals surface area (Å²) >= 11 is 0. The van der Waals surface area contributed by atoms with Gasteiger partial charge in [-0.3, -0.25) is 4.98 Å². The summed E-state index contributed by atoms with van der Waals surface area (Å²) in [5, 5.41) is 2.15. The minimum absolute atomic E-state index is 0. The zero-order chi connectivity index (χ0) is 39.6. The molecule has 1 radical (unpaired) electrons. The van der Waals surface area contributed by atoms with Crippen LogP contribution in [-0.4, -0.2) is 19.5 Å². The normalized spacial score (nSPS) is 11.2. The average Bonchev–Trinajstić information content (AvgIpc) is 3.86. The number of rotatable bonds is 7. The van der Waals surface area contributed by atoms with E-state index in [1.807, 2.05) is 91.3 Å². The molecule has 4 heterocycles. The number of fused-ring (bicyclic) bond motifs is 4. The third kappa shape index (κ3) is 7.78. The predicted molar refractivity (Wildman–Crippen MR) is 238 cm³/mol. The van der Waals surface area contributed by atoms with E-state index in [0.29, 0.717) is 11.8 Å².